The molecule has 2 aromatic carbocycles. The maximum absolute atomic E-state index is 13.2. The number of carboxylic acid groups (broad SMARTS) is 1. The molecule has 24 heteroatoms. The molecule has 12 atom stereocenters. The summed E-state index contributed by atoms with van der Waals surface area (Å²) in [7, 11) is -5.67. The molecule has 0 spiro atoms. The molecular formula is C37H42N5O18P. The summed E-state index contributed by atoms with van der Waals surface area (Å²) in [6, 6.07) is 13.7. The number of nitrogens with two attached hydrogens (primary N) is 1. The minimum absolute atomic E-state index is 0.158. The number of rotatable bonds is 14. The normalized spacial score (nSPS) is 28.8. The highest BCUT2D eigenvalue weighted by molar-refractivity contribution is 7.47. The first-order valence-electron chi connectivity index (χ1n) is 18.4. The summed E-state index contributed by atoms with van der Waals surface area (Å²) in [6.45, 7) is -3.04. The standard InChI is InChI=1S/C37H42N5O18P/c38-26-11-12-42(35(52)40-26)33-31(49)30(48)25(57-33)17-56-61(54,55)60-37(34(50)51)14-22(44)28(32(59-37)29(47)23(45)16-43)41-27(46)15-39-36(53)58-24-13-20-7-2-1-5-18(20)9-10-19-6-3-4-8-21(19)24/h1-8,11-12,22-25,28-33,43-45,47-49H,13-17H2,(H,39,53)(H,41,46)(H,50,51)(H,54,55)(H2,38,40,52)/t22?,23-,24?,25-,28?,29?,30+,31+,32?,33-,37?/m1/s1. The van der Waals surface area contributed by atoms with Gasteiger partial charge in [-0.3, -0.25) is 13.9 Å². The lowest BCUT2D eigenvalue weighted by Gasteiger charge is -2.46. The first-order chi connectivity index (χ1) is 28.9. The molecule has 0 radical (unpaired) electrons. The molecule has 61 heavy (non-hydrogen) atoms. The molecule has 2 saturated heterocycles. The van der Waals surface area contributed by atoms with Crippen LogP contribution in [0.3, 0.4) is 0 Å². The Kier molecular flexibility index (Phi) is 13.9. The SMILES string of the molecule is Nc1ccn([C@@H]2O[C@H](COP(=O)(O)OC3(C(=O)O)CC(O)C(NC(=O)CNC(=O)OC4Cc5ccccc5C#Cc5ccccc54)C(C(O)[C@H](O)CO)O3)[C@H](O)[C@@H]2O)c(=O)n1. The predicted molar refractivity (Wildman–Crippen MR) is 202 cm³/mol. The van der Waals surface area contributed by atoms with Gasteiger partial charge in [-0.05, 0) is 23.8 Å². The van der Waals surface area contributed by atoms with Crippen LogP contribution in [0.5, 0.6) is 0 Å². The van der Waals surface area contributed by atoms with Gasteiger partial charge < -0.3 is 71.2 Å². The maximum atomic E-state index is 13.2. The number of carbonyl (C=O) groups is 3. The average Bonchev–Trinajstić information content (AvgIpc) is 3.49. The first-order valence-corrected chi connectivity index (χ1v) is 19.9. The van der Waals surface area contributed by atoms with Crippen molar-refractivity contribution >= 4 is 31.6 Å². The molecule has 23 nitrogen and oxygen atoms in total. The molecule has 2 aliphatic heterocycles. The summed E-state index contributed by atoms with van der Waals surface area (Å²) in [6.07, 6.45) is -17.3. The summed E-state index contributed by atoms with van der Waals surface area (Å²) < 4.78 is 40.3. The number of nitrogens with one attached hydrogen (secondary N) is 2. The monoisotopic (exact) mass is 875 g/mol. The minimum Gasteiger partial charge on any atom is -0.477 e. The van der Waals surface area contributed by atoms with Crippen molar-refractivity contribution < 1.29 is 82.8 Å². The first kappa shape index (κ1) is 45.2. The lowest BCUT2D eigenvalue weighted by Crippen LogP contribution is -2.68. The number of ether oxygens (including phenoxy) is 3. The second-order valence-corrected chi connectivity index (χ2v) is 15.5. The van der Waals surface area contributed by atoms with E-state index in [4.69, 9.17) is 29.0 Å². The van der Waals surface area contributed by atoms with Gasteiger partial charge in [0.1, 0.15) is 55.1 Å². The van der Waals surface area contributed by atoms with Crippen molar-refractivity contribution in [2.24, 2.45) is 0 Å². The number of aromatic nitrogens is 2. The van der Waals surface area contributed by atoms with Gasteiger partial charge >= 0.3 is 25.6 Å². The van der Waals surface area contributed by atoms with Crippen LogP contribution in [0, 0.1) is 11.8 Å². The van der Waals surface area contributed by atoms with Crippen LogP contribution in [-0.4, -0.2) is 142 Å². The number of hydrogen-bond donors (Lipinski definition) is 11. The molecule has 6 rings (SSSR count). The molecule has 2 amide bonds. The summed E-state index contributed by atoms with van der Waals surface area (Å²) in [5.41, 5.74) is 7.24. The summed E-state index contributed by atoms with van der Waals surface area (Å²) in [5, 5.41) is 77.6. The van der Waals surface area contributed by atoms with E-state index in [1.54, 1.807) is 30.3 Å². The van der Waals surface area contributed by atoms with Crippen molar-refractivity contribution in [3.8, 4) is 11.8 Å². The lowest BCUT2D eigenvalue weighted by atomic mass is 9.88. The molecular weight excluding hydrogens is 833 g/mol. The van der Waals surface area contributed by atoms with Gasteiger partial charge in [0.05, 0.1) is 25.4 Å². The molecule has 3 aromatic rings. The number of alkyl carbamates (subject to hydrolysis) is 1. The quantitative estimate of drug-likeness (QED) is 0.0573. The third-order valence-electron chi connectivity index (χ3n) is 9.98. The zero-order valence-electron chi connectivity index (χ0n) is 31.7. The third kappa shape index (κ3) is 10.2. The largest absolute Gasteiger partial charge is 0.477 e. The number of aliphatic hydroxyl groups is 6. The molecule has 2 fully saturated rings. The molecule has 0 saturated carbocycles. The second kappa shape index (κ2) is 18.7. The fourth-order valence-corrected chi connectivity index (χ4v) is 7.86. The van der Waals surface area contributed by atoms with Crippen LogP contribution in [-0.2, 0) is 43.8 Å². The van der Waals surface area contributed by atoms with Gasteiger partial charge in [0, 0.05) is 35.7 Å². The van der Waals surface area contributed by atoms with Gasteiger partial charge in [-0.25, -0.2) is 23.5 Å². The molecule has 7 unspecified atom stereocenters. The number of amides is 2. The minimum atomic E-state index is -5.67. The summed E-state index contributed by atoms with van der Waals surface area (Å²) >= 11 is 0. The molecule has 1 aliphatic carbocycles. The molecule has 0 bridgehead atoms. The Balaban J connectivity index is 1.11. The molecule has 12 N–H and O–H groups in total. The number of benzene rings is 2. The third-order valence-corrected chi connectivity index (χ3v) is 11.0. The van der Waals surface area contributed by atoms with Gasteiger partial charge in [0.15, 0.2) is 6.23 Å². The van der Waals surface area contributed by atoms with Crippen LogP contribution >= 0.6 is 7.82 Å². The van der Waals surface area contributed by atoms with Crippen LogP contribution < -0.4 is 22.1 Å². The fourth-order valence-electron chi connectivity index (χ4n) is 6.90. The van der Waals surface area contributed by atoms with Gasteiger partial charge in [-0.1, -0.05) is 48.2 Å². The van der Waals surface area contributed by atoms with Crippen LogP contribution in [0.25, 0.3) is 0 Å². The van der Waals surface area contributed by atoms with Crippen molar-refractivity contribution in [2.75, 3.05) is 25.5 Å². The second-order valence-electron chi connectivity index (χ2n) is 14.1. The number of aliphatic hydroxyl groups excluding tert-OH is 6. The van der Waals surface area contributed by atoms with Gasteiger partial charge in [-0.2, -0.15) is 4.98 Å². The van der Waals surface area contributed by atoms with E-state index < -0.39 is 125 Å². The van der Waals surface area contributed by atoms with E-state index in [-0.39, 0.29) is 12.2 Å². The summed E-state index contributed by atoms with van der Waals surface area (Å²) in [5.74, 6) is -0.556. The lowest BCUT2D eigenvalue weighted by molar-refractivity contribution is -0.289. The Labute approximate surface area is 344 Å². The highest BCUT2D eigenvalue weighted by atomic mass is 31.2. The number of phosphoric acid groups is 1. The van der Waals surface area contributed by atoms with Gasteiger partial charge in [-0.15, -0.1) is 0 Å². The smallest absolute Gasteiger partial charge is 0.475 e. The highest BCUT2D eigenvalue weighted by Crippen LogP contribution is 2.51. The Bertz CT molecular complexity index is 2290. The van der Waals surface area contributed by atoms with E-state index in [9.17, 15) is 64.4 Å². The van der Waals surface area contributed by atoms with Gasteiger partial charge in [0.2, 0.25) is 5.91 Å². The number of aliphatic carboxylic acids is 1. The highest BCUT2D eigenvalue weighted by Gasteiger charge is 2.59. The van der Waals surface area contributed by atoms with Crippen LogP contribution in [0.4, 0.5) is 10.6 Å². The number of phosphoric ester groups is 1. The number of anilines is 1. The van der Waals surface area contributed by atoms with E-state index in [0.29, 0.717) is 11.1 Å². The predicted octanol–water partition coefficient (Wildman–Crippen LogP) is -2.87. The zero-order valence-corrected chi connectivity index (χ0v) is 32.6. The maximum Gasteiger partial charge on any atom is 0.475 e. The molecule has 3 heterocycles. The van der Waals surface area contributed by atoms with Crippen molar-refractivity contribution in [1.29, 1.82) is 0 Å². The van der Waals surface area contributed by atoms with Crippen LogP contribution in [0.15, 0.2) is 65.6 Å². The topological polar surface area (TPSA) is 361 Å². The number of carboxylic acids is 1. The molecule has 1 aromatic heterocycles. The van der Waals surface area contributed by atoms with E-state index in [0.717, 1.165) is 21.9 Å². The number of nitrogens with zero attached hydrogens (tertiary/aromatic N) is 2. The van der Waals surface area contributed by atoms with Crippen molar-refractivity contribution in [3.05, 3.63) is 93.5 Å². The number of fused-ring (bicyclic) bond motifs is 2. The van der Waals surface area contributed by atoms with E-state index in [1.165, 1.54) is 6.07 Å². The van der Waals surface area contributed by atoms with Crippen molar-refractivity contribution in [3.63, 3.8) is 0 Å². The fraction of sp³-hybridized carbons (Fsp3) is 0.432. The number of carbonyl (C=O) groups excluding carboxylic acids is 2. The van der Waals surface area contributed by atoms with E-state index >= 15 is 0 Å². The van der Waals surface area contributed by atoms with E-state index in [2.05, 4.69) is 27.5 Å². The number of hydrogen-bond acceptors (Lipinski definition) is 18. The number of nitrogen functional groups attached to an aromatic ring is 1. The Morgan fingerprint density at radius 1 is 1.05 bits per heavy atom. The van der Waals surface area contributed by atoms with Crippen molar-refractivity contribution in [1.82, 2.24) is 20.2 Å². The summed E-state index contributed by atoms with van der Waals surface area (Å²) in [4.78, 5) is 65.2. The van der Waals surface area contributed by atoms with Crippen molar-refractivity contribution in [2.45, 2.75) is 79.7 Å². The Morgan fingerprint density at radius 3 is 2.44 bits per heavy atom. The van der Waals surface area contributed by atoms with Gasteiger partial charge in [0.25, 0.3) is 5.79 Å². The Morgan fingerprint density at radius 2 is 1.74 bits per heavy atom. The van der Waals surface area contributed by atoms with E-state index in [1.807, 2.05) is 18.2 Å². The van der Waals surface area contributed by atoms with Crippen LogP contribution in [0.1, 0.15) is 41.0 Å². The zero-order chi connectivity index (χ0) is 44.2. The molecule has 328 valence electrons. The average molecular weight is 876 g/mol. The molecule has 3 aliphatic rings. The van der Waals surface area contributed by atoms with Crippen LogP contribution in [0.2, 0.25) is 0 Å². The Hall–Kier alpha value is -5.32.